The van der Waals surface area contributed by atoms with Crippen molar-refractivity contribution in [1.29, 1.82) is 5.26 Å². The maximum absolute atomic E-state index is 9.48. The summed E-state index contributed by atoms with van der Waals surface area (Å²) in [5.41, 5.74) is 1.49. The van der Waals surface area contributed by atoms with Crippen LogP contribution in [0.25, 0.3) is 10.8 Å². The lowest BCUT2D eigenvalue weighted by atomic mass is 10.0. The zero-order valence-electron chi connectivity index (χ0n) is 7.78. The highest BCUT2D eigenvalue weighted by molar-refractivity contribution is 5.88. The molecule has 0 aliphatic carbocycles. The van der Waals surface area contributed by atoms with Crippen LogP contribution in [-0.2, 0) is 0 Å². The lowest BCUT2D eigenvalue weighted by Crippen LogP contribution is -1.81. The van der Waals surface area contributed by atoms with Crippen LogP contribution in [0.15, 0.2) is 30.3 Å². The van der Waals surface area contributed by atoms with Crippen LogP contribution in [0.2, 0.25) is 0 Å². The van der Waals surface area contributed by atoms with Crippen LogP contribution in [0.1, 0.15) is 11.1 Å². The lowest BCUT2D eigenvalue weighted by Gasteiger charge is -2.04. The molecule has 68 valence electrons. The number of hydrogen-bond donors (Lipinski definition) is 1. The van der Waals surface area contributed by atoms with Gasteiger partial charge < -0.3 is 5.11 Å². The molecule has 1 N–H and O–H groups in total. The Bertz CT molecular complexity index is 538. The van der Waals surface area contributed by atoms with E-state index in [1.165, 1.54) is 0 Å². The van der Waals surface area contributed by atoms with Crippen LogP contribution in [0.3, 0.4) is 0 Å². The van der Waals surface area contributed by atoms with Crippen molar-refractivity contribution in [3.05, 3.63) is 41.5 Å². The predicted molar refractivity (Wildman–Crippen MR) is 55.1 cm³/mol. The van der Waals surface area contributed by atoms with E-state index in [9.17, 15) is 5.11 Å². The van der Waals surface area contributed by atoms with E-state index < -0.39 is 0 Å². The molecule has 0 spiro atoms. The second-order valence-electron chi connectivity index (χ2n) is 3.26. The van der Waals surface area contributed by atoms with Gasteiger partial charge in [-0.25, -0.2) is 0 Å². The Morgan fingerprint density at radius 2 is 2.00 bits per heavy atom. The molecular formula is C12H9NO. The number of rotatable bonds is 0. The van der Waals surface area contributed by atoms with E-state index in [2.05, 4.69) is 6.07 Å². The minimum atomic E-state index is 0.294. The highest BCUT2D eigenvalue weighted by Crippen LogP contribution is 2.26. The molecule has 0 unspecified atom stereocenters. The van der Waals surface area contributed by atoms with Gasteiger partial charge in [-0.2, -0.15) is 5.26 Å². The molecular weight excluding hydrogens is 174 g/mol. The first-order valence-corrected chi connectivity index (χ1v) is 4.35. The molecule has 2 heteroatoms. The van der Waals surface area contributed by atoms with Gasteiger partial charge in [-0.1, -0.05) is 12.1 Å². The number of aromatic hydroxyl groups is 1. The Labute approximate surface area is 82.0 Å². The lowest BCUT2D eigenvalue weighted by molar-refractivity contribution is 0.472. The van der Waals surface area contributed by atoms with E-state index >= 15 is 0 Å². The average Bonchev–Trinajstić information content (AvgIpc) is 2.23. The van der Waals surface area contributed by atoms with Gasteiger partial charge in [0.25, 0.3) is 0 Å². The quantitative estimate of drug-likeness (QED) is 0.682. The summed E-state index contributed by atoms with van der Waals surface area (Å²) in [4.78, 5) is 0. The Morgan fingerprint density at radius 3 is 2.71 bits per heavy atom. The molecule has 2 aromatic carbocycles. The standard InChI is InChI=1S/C12H9NO/c1-8-11-4-2-9(7-13)6-10(11)3-5-12(8)14/h2-6,14H,1H3. The molecule has 0 fully saturated rings. The third-order valence-corrected chi connectivity index (χ3v) is 2.39. The summed E-state index contributed by atoms with van der Waals surface area (Å²) in [6.07, 6.45) is 0. The number of hydrogen-bond acceptors (Lipinski definition) is 2. The summed E-state index contributed by atoms with van der Waals surface area (Å²) in [7, 11) is 0. The molecule has 0 aliphatic rings. The van der Waals surface area contributed by atoms with Crippen LogP contribution < -0.4 is 0 Å². The summed E-state index contributed by atoms with van der Waals surface area (Å²) in [5, 5.41) is 20.2. The van der Waals surface area contributed by atoms with E-state index in [1.807, 2.05) is 25.1 Å². The van der Waals surface area contributed by atoms with Crippen molar-refractivity contribution in [2.75, 3.05) is 0 Å². The minimum absolute atomic E-state index is 0.294. The zero-order chi connectivity index (χ0) is 10.1. The van der Waals surface area contributed by atoms with Crippen molar-refractivity contribution in [2.24, 2.45) is 0 Å². The van der Waals surface area contributed by atoms with Gasteiger partial charge in [0.2, 0.25) is 0 Å². The van der Waals surface area contributed by atoms with Crippen molar-refractivity contribution in [1.82, 2.24) is 0 Å². The van der Waals surface area contributed by atoms with Gasteiger partial charge in [-0.05, 0) is 41.5 Å². The first kappa shape index (κ1) is 8.58. The second kappa shape index (κ2) is 3.04. The summed E-state index contributed by atoms with van der Waals surface area (Å²) in [6.45, 7) is 1.86. The van der Waals surface area contributed by atoms with Gasteiger partial charge >= 0.3 is 0 Å². The predicted octanol–water partition coefficient (Wildman–Crippen LogP) is 2.73. The molecule has 0 heterocycles. The second-order valence-corrected chi connectivity index (χ2v) is 3.26. The Kier molecular flexibility index (Phi) is 1.86. The first-order chi connectivity index (χ1) is 6.72. The molecule has 0 aliphatic heterocycles. The van der Waals surface area contributed by atoms with Crippen LogP contribution in [0.5, 0.6) is 5.75 Å². The summed E-state index contributed by atoms with van der Waals surface area (Å²) >= 11 is 0. The largest absolute Gasteiger partial charge is 0.508 e. The van der Waals surface area contributed by atoms with Crippen molar-refractivity contribution in [2.45, 2.75) is 6.92 Å². The molecule has 0 atom stereocenters. The van der Waals surface area contributed by atoms with Crippen LogP contribution >= 0.6 is 0 Å². The Morgan fingerprint density at radius 1 is 1.21 bits per heavy atom. The molecule has 0 aromatic heterocycles. The molecule has 0 bridgehead atoms. The fraction of sp³-hybridized carbons (Fsp3) is 0.0833. The number of benzene rings is 2. The SMILES string of the molecule is Cc1c(O)ccc2cc(C#N)ccc12. The smallest absolute Gasteiger partial charge is 0.119 e. The first-order valence-electron chi connectivity index (χ1n) is 4.35. The fourth-order valence-corrected chi connectivity index (χ4v) is 1.54. The topological polar surface area (TPSA) is 44.0 Å². The summed E-state index contributed by atoms with van der Waals surface area (Å²) in [6, 6.07) is 11.0. The van der Waals surface area contributed by atoms with Crippen LogP contribution in [-0.4, -0.2) is 5.11 Å². The monoisotopic (exact) mass is 183 g/mol. The average molecular weight is 183 g/mol. The Hall–Kier alpha value is -2.01. The molecule has 2 rings (SSSR count). The molecule has 0 amide bonds. The van der Waals surface area contributed by atoms with Crippen molar-refractivity contribution >= 4 is 10.8 Å². The van der Waals surface area contributed by atoms with Crippen molar-refractivity contribution < 1.29 is 5.11 Å². The number of nitriles is 1. The van der Waals surface area contributed by atoms with Gasteiger partial charge in [-0.15, -0.1) is 0 Å². The van der Waals surface area contributed by atoms with Crippen molar-refractivity contribution in [3.63, 3.8) is 0 Å². The summed E-state index contributed by atoms with van der Waals surface area (Å²) < 4.78 is 0. The normalized spacial score (nSPS) is 10.0. The van der Waals surface area contributed by atoms with Gasteiger partial charge in [0.15, 0.2) is 0 Å². The maximum Gasteiger partial charge on any atom is 0.119 e. The van der Waals surface area contributed by atoms with E-state index in [-0.39, 0.29) is 0 Å². The minimum Gasteiger partial charge on any atom is -0.508 e. The fourth-order valence-electron chi connectivity index (χ4n) is 1.54. The molecule has 0 saturated carbocycles. The molecule has 0 radical (unpaired) electrons. The molecule has 2 nitrogen and oxygen atoms in total. The number of aryl methyl sites for hydroxylation is 1. The number of nitrogens with zero attached hydrogens (tertiary/aromatic N) is 1. The zero-order valence-corrected chi connectivity index (χ0v) is 7.78. The summed E-state index contributed by atoms with van der Waals surface area (Å²) in [5.74, 6) is 0.294. The maximum atomic E-state index is 9.48. The van der Waals surface area contributed by atoms with Crippen molar-refractivity contribution in [3.8, 4) is 11.8 Å². The van der Waals surface area contributed by atoms with E-state index in [4.69, 9.17) is 5.26 Å². The number of phenols is 1. The molecule has 0 saturated heterocycles. The van der Waals surface area contributed by atoms with Gasteiger partial charge in [-0.3, -0.25) is 0 Å². The highest BCUT2D eigenvalue weighted by Gasteiger charge is 2.02. The van der Waals surface area contributed by atoms with E-state index in [1.54, 1.807) is 12.1 Å². The van der Waals surface area contributed by atoms with Gasteiger partial charge in [0, 0.05) is 0 Å². The van der Waals surface area contributed by atoms with Gasteiger partial charge in [0.1, 0.15) is 5.75 Å². The van der Waals surface area contributed by atoms with E-state index in [0.717, 1.165) is 16.3 Å². The number of phenolic OH excluding ortho intramolecular Hbond substituents is 1. The third-order valence-electron chi connectivity index (χ3n) is 2.39. The van der Waals surface area contributed by atoms with Crippen LogP contribution in [0.4, 0.5) is 0 Å². The highest BCUT2D eigenvalue weighted by atomic mass is 16.3. The number of fused-ring (bicyclic) bond motifs is 1. The molecule has 2 aromatic rings. The van der Waals surface area contributed by atoms with Crippen LogP contribution in [0, 0.1) is 18.3 Å². The third kappa shape index (κ3) is 1.20. The molecule has 14 heavy (non-hydrogen) atoms. The van der Waals surface area contributed by atoms with E-state index in [0.29, 0.717) is 11.3 Å². The van der Waals surface area contributed by atoms with Gasteiger partial charge in [0.05, 0.1) is 11.6 Å². The Balaban J connectivity index is 2.83.